The molecule has 0 spiro atoms. The summed E-state index contributed by atoms with van der Waals surface area (Å²) in [5.74, 6) is -0.0174. The summed E-state index contributed by atoms with van der Waals surface area (Å²) >= 11 is 0. The van der Waals surface area contributed by atoms with E-state index in [2.05, 4.69) is 5.32 Å². The molecule has 0 fully saturated rings. The van der Waals surface area contributed by atoms with Gasteiger partial charge in [-0.1, -0.05) is 18.2 Å². The number of aromatic carboxylic acids is 1. The number of hydrogen-bond donors (Lipinski definition) is 2. The molecule has 2 aromatic carbocycles. The SMILES string of the molecule is O=C(O)c1cc2c(cc1Nc1ccccc1)OCO2. The molecule has 1 heterocycles. The summed E-state index contributed by atoms with van der Waals surface area (Å²) in [5, 5.41) is 12.3. The van der Waals surface area contributed by atoms with E-state index >= 15 is 0 Å². The molecule has 0 amide bonds. The number of benzene rings is 2. The summed E-state index contributed by atoms with van der Waals surface area (Å²) in [5.41, 5.74) is 1.43. The molecule has 0 radical (unpaired) electrons. The quantitative estimate of drug-likeness (QED) is 0.884. The van der Waals surface area contributed by atoms with Crippen LogP contribution in [0.3, 0.4) is 0 Å². The summed E-state index contributed by atoms with van der Waals surface area (Å²) in [6.07, 6.45) is 0. The van der Waals surface area contributed by atoms with E-state index < -0.39 is 5.97 Å². The van der Waals surface area contributed by atoms with E-state index in [1.165, 1.54) is 6.07 Å². The number of para-hydroxylation sites is 1. The third-order valence-electron chi connectivity index (χ3n) is 2.80. The molecule has 0 unspecified atom stereocenters. The van der Waals surface area contributed by atoms with E-state index in [1.807, 2.05) is 30.3 Å². The zero-order valence-electron chi connectivity index (χ0n) is 9.92. The zero-order chi connectivity index (χ0) is 13.2. The first-order valence-corrected chi connectivity index (χ1v) is 5.73. The first-order valence-electron chi connectivity index (χ1n) is 5.73. The number of anilines is 2. The van der Waals surface area contributed by atoms with Crippen LogP contribution in [-0.2, 0) is 0 Å². The van der Waals surface area contributed by atoms with Gasteiger partial charge in [-0.3, -0.25) is 0 Å². The number of nitrogens with one attached hydrogen (secondary N) is 1. The second-order valence-corrected chi connectivity index (χ2v) is 4.05. The van der Waals surface area contributed by atoms with Crippen LogP contribution in [0.1, 0.15) is 10.4 Å². The van der Waals surface area contributed by atoms with Crippen molar-refractivity contribution in [1.29, 1.82) is 0 Å². The van der Waals surface area contributed by atoms with E-state index in [1.54, 1.807) is 6.07 Å². The Bertz CT molecular complexity index is 625. The summed E-state index contributed by atoms with van der Waals surface area (Å²) in [7, 11) is 0. The van der Waals surface area contributed by atoms with Gasteiger partial charge in [0.05, 0.1) is 11.3 Å². The smallest absolute Gasteiger partial charge is 0.337 e. The van der Waals surface area contributed by atoms with Crippen LogP contribution in [0, 0.1) is 0 Å². The van der Waals surface area contributed by atoms with Crippen LogP contribution in [-0.4, -0.2) is 17.9 Å². The highest BCUT2D eigenvalue weighted by atomic mass is 16.7. The molecule has 2 aromatic rings. The van der Waals surface area contributed by atoms with Crippen molar-refractivity contribution in [2.45, 2.75) is 0 Å². The number of ether oxygens (including phenoxy) is 2. The highest BCUT2D eigenvalue weighted by molar-refractivity contribution is 5.96. The number of hydrogen-bond acceptors (Lipinski definition) is 4. The minimum atomic E-state index is -1.02. The average Bonchev–Trinajstić information content (AvgIpc) is 2.86. The molecule has 0 atom stereocenters. The van der Waals surface area contributed by atoms with Gasteiger partial charge < -0.3 is 19.9 Å². The number of fused-ring (bicyclic) bond motifs is 1. The van der Waals surface area contributed by atoms with Gasteiger partial charge in [-0.25, -0.2) is 4.79 Å². The number of rotatable bonds is 3. The van der Waals surface area contributed by atoms with E-state index in [0.717, 1.165) is 5.69 Å². The van der Waals surface area contributed by atoms with Crippen LogP contribution in [0.15, 0.2) is 42.5 Å². The molecule has 0 aromatic heterocycles. The normalized spacial score (nSPS) is 12.2. The van der Waals surface area contributed by atoms with E-state index in [4.69, 9.17) is 9.47 Å². The van der Waals surface area contributed by atoms with Crippen LogP contribution in [0.25, 0.3) is 0 Å². The number of carbonyl (C=O) groups is 1. The fourth-order valence-corrected chi connectivity index (χ4v) is 1.90. The molecule has 19 heavy (non-hydrogen) atoms. The standard InChI is InChI=1S/C14H11NO4/c16-14(17)10-6-12-13(19-8-18-12)7-11(10)15-9-4-2-1-3-5-9/h1-7,15H,8H2,(H,16,17). The zero-order valence-corrected chi connectivity index (χ0v) is 9.92. The molecule has 2 N–H and O–H groups in total. The lowest BCUT2D eigenvalue weighted by Gasteiger charge is -2.10. The van der Waals surface area contributed by atoms with Crippen LogP contribution < -0.4 is 14.8 Å². The predicted octanol–water partition coefficient (Wildman–Crippen LogP) is 2.86. The molecule has 0 aliphatic carbocycles. The van der Waals surface area contributed by atoms with Crippen molar-refractivity contribution in [3.63, 3.8) is 0 Å². The Hall–Kier alpha value is -2.69. The maximum absolute atomic E-state index is 11.3. The van der Waals surface area contributed by atoms with Crippen molar-refractivity contribution >= 4 is 17.3 Å². The van der Waals surface area contributed by atoms with Gasteiger partial charge in [-0.05, 0) is 12.1 Å². The van der Waals surface area contributed by atoms with Gasteiger partial charge in [0.15, 0.2) is 11.5 Å². The first-order chi connectivity index (χ1) is 9.24. The van der Waals surface area contributed by atoms with Crippen molar-refractivity contribution in [3.05, 3.63) is 48.0 Å². The molecular formula is C14H11NO4. The minimum Gasteiger partial charge on any atom is -0.478 e. The number of carboxylic acid groups (broad SMARTS) is 1. The first kappa shape index (κ1) is 11.4. The molecule has 0 saturated heterocycles. The third kappa shape index (κ3) is 2.18. The van der Waals surface area contributed by atoms with E-state index in [9.17, 15) is 9.90 Å². The number of carboxylic acids is 1. The van der Waals surface area contributed by atoms with E-state index in [-0.39, 0.29) is 12.4 Å². The lowest BCUT2D eigenvalue weighted by atomic mass is 10.1. The second-order valence-electron chi connectivity index (χ2n) is 4.05. The third-order valence-corrected chi connectivity index (χ3v) is 2.80. The van der Waals surface area contributed by atoms with E-state index in [0.29, 0.717) is 17.2 Å². The van der Waals surface area contributed by atoms with Crippen molar-refractivity contribution in [1.82, 2.24) is 0 Å². The molecule has 1 aliphatic rings. The van der Waals surface area contributed by atoms with Gasteiger partial charge in [-0.15, -0.1) is 0 Å². The minimum absolute atomic E-state index is 0.114. The average molecular weight is 257 g/mol. The predicted molar refractivity (Wildman–Crippen MR) is 69.2 cm³/mol. The van der Waals surface area contributed by atoms with Crippen LogP contribution in [0.4, 0.5) is 11.4 Å². The summed E-state index contributed by atoms with van der Waals surface area (Å²) in [4.78, 5) is 11.3. The molecule has 0 bridgehead atoms. The van der Waals surface area contributed by atoms with Gasteiger partial charge >= 0.3 is 5.97 Å². The Labute approximate surface area is 109 Å². The highest BCUT2D eigenvalue weighted by Gasteiger charge is 2.20. The maximum atomic E-state index is 11.3. The van der Waals surface area contributed by atoms with Crippen molar-refractivity contribution in [2.24, 2.45) is 0 Å². The Morgan fingerprint density at radius 1 is 1.11 bits per heavy atom. The Kier molecular flexibility index (Phi) is 2.72. The maximum Gasteiger partial charge on any atom is 0.337 e. The van der Waals surface area contributed by atoms with Crippen LogP contribution in [0.2, 0.25) is 0 Å². The molecule has 0 saturated carbocycles. The summed E-state index contributed by atoms with van der Waals surface area (Å²) in [6, 6.07) is 12.5. The second kappa shape index (κ2) is 4.53. The fraction of sp³-hybridized carbons (Fsp3) is 0.0714. The van der Waals surface area contributed by atoms with Crippen molar-refractivity contribution in [2.75, 3.05) is 12.1 Å². The molecule has 96 valence electrons. The Morgan fingerprint density at radius 3 is 2.47 bits per heavy atom. The lowest BCUT2D eigenvalue weighted by Crippen LogP contribution is -2.02. The van der Waals surface area contributed by atoms with Gasteiger partial charge in [0, 0.05) is 17.8 Å². The lowest BCUT2D eigenvalue weighted by molar-refractivity contribution is 0.0697. The highest BCUT2D eigenvalue weighted by Crippen LogP contribution is 2.38. The van der Waals surface area contributed by atoms with Crippen molar-refractivity contribution in [3.8, 4) is 11.5 Å². The molecule has 1 aliphatic heterocycles. The topological polar surface area (TPSA) is 67.8 Å². The summed E-state index contributed by atoms with van der Waals surface area (Å²) < 4.78 is 10.4. The fourth-order valence-electron chi connectivity index (χ4n) is 1.90. The monoisotopic (exact) mass is 257 g/mol. The van der Waals surface area contributed by atoms with Crippen LogP contribution >= 0.6 is 0 Å². The molecule has 5 nitrogen and oxygen atoms in total. The van der Waals surface area contributed by atoms with Crippen molar-refractivity contribution < 1.29 is 19.4 Å². The van der Waals surface area contributed by atoms with Gasteiger partial charge in [0.1, 0.15) is 0 Å². The molecular weight excluding hydrogens is 246 g/mol. The van der Waals surface area contributed by atoms with Gasteiger partial charge in [-0.2, -0.15) is 0 Å². The summed E-state index contributed by atoms with van der Waals surface area (Å²) in [6.45, 7) is 0.114. The van der Waals surface area contributed by atoms with Gasteiger partial charge in [0.25, 0.3) is 0 Å². The van der Waals surface area contributed by atoms with Crippen LogP contribution in [0.5, 0.6) is 11.5 Å². The molecule has 5 heteroatoms. The molecule has 3 rings (SSSR count). The Balaban J connectivity index is 2.02. The Morgan fingerprint density at radius 2 is 1.79 bits per heavy atom. The van der Waals surface area contributed by atoms with Gasteiger partial charge in [0.2, 0.25) is 6.79 Å². The largest absolute Gasteiger partial charge is 0.478 e.